The first-order valence-corrected chi connectivity index (χ1v) is 7.86. The molecule has 1 heteroatoms. The lowest BCUT2D eigenvalue weighted by molar-refractivity contribution is 0.0992. The van der Waals surface area contributed by atoms with E-state index in [1.165, 1.54) is 39.0 Å². The molecule has 0 radical (unpaired) electrons. The van der Waals surface area contributed by atoms with Gasteiger partial charge in [0.2, 0.25) is 0 Å². The number of hydrogen-bond acceptors (Lipinski definition) is 1. The standard InChI is InChI=1S/C21H22O/c1-13-9-15(3)20(16(4)10-13)12-21(22)18-7-8-19-14(2)5-6-17(19)11-18/h7-11H,2,5-6,12H2,1,3-4H3. The molecule has 1 nitrogen and oxygen atoms in total. The second-order valence-electron chi connectivity index (χ2n) is 6.45. The van der Waals surface area contributed by atoms with Crippen LogP contribution in [0.15, 0.2) is 36.9 Å². The predicted molar refractivity (Wildman–Crippen MR) is 92.5 cm³/mol. The molecule has 0 saturated carbocycles. The Hall–Kier alpha value is -2.15. The lowest BCUT2D eigenvalue weighted by Gasteiger charge is -2.11. The van der Waals surface area contributed by atoms with Crippen molar-refractivity contribution >= 4 is 11.4 Å². The number of aryl methyl sites for hydroxylation is 4. The average molecular weight is 290 g/mol. The molecule has 1 aliphatic carbocycles. The van der Waals surface area contributed by atoms with Gasteiger partial charge in [0.1, 0.15) is 0 Å². The normalized spacial score (nSPS) is 13.3. The van der Waals surface area contributed by atoms with Crippen molar-refractivity contribution in [2.24, 2.45) is 0 Å². The third-order valence-electron chi connectivity index (χ3n) is 4.68. The van der Waals surface area contributed by atoms with Gasteiger partial charge in [-0.15, -0.1) is 0 Å². The van der Waals surface area contributed by atoms with Gasteiger partial charge in [-0.05, 0) is 73.1 Å². The van der Waals surface area contributed by atoms with Crippen LogP contribution in [-0.4, -0.2) is 5.78 Å². The molecule has 0 spiro atoms. The molecule has 112 valence electrons. The fourth-order valence-corrected chi connectivity index (χ4v) is 3.49. The summed E-state index contributed by atoms with van der Waals surface area (Å²) in [5.41, 5.74) is 9.36. The van der Waals surface area contributed by atoms with Crippen molar-refractivity contribution in [2.75, 3.05) is 0 Å². The van der Waals surface area contributed by atoms with E-state index in [2.05, 4.69) is 51.6 Å². The molecule has 2 aromatic rings. The fourth-order valence-electron chi connectivity index (χ4n) is 3.49. The number of ketones is 1. The lowest BCUT2D eigenvalue weighted by atomic mass is 9.93. The number of benzene rings is 2. The molecule has 0 aliphatic heterocycles. The van der Waals surface area contributed by atoms with Gasteiger partial charge in [-0.1, -0.05) is 36.4 Å². The predicted octanol–water partition coefficient (Wildman–Crippen LogP) is 5.00. The van der Waals surface area contributed by atoms with Crippen molar-refractivity contribution in [3.05, 3.63) is 75.9 Å². The Morgan fingerprint density at radius 2 is 1.73 bits per heavy atom. The van der Waals surface area contributed by atoms with Crippen molar-refractivity contribution in [2.45, 2.75) is 40.0 Å². The molecule has 22 heavy (non-hydrogen) atoms. The first-order valence-electron chi connectivity index (χ1n) is 7.86. The van der Waals surface area contributed by atoms with E-state index in [0.29, 0.717) is 6.42 Å². The Bertz CT molecular complexity index is 757. The highest BCUT2D eigenvalue weighted by atomic mass is 16.1. The number of fused-ring (bicyclic) bond motifs is 1. The van der Waals surface area contributed by atoms with Crippen molar-refractivity contribution in [1.29, 1.82) is 0 Å². The summed E-state index contributed by atoms with van der Waals surface area (Å²) in [6, 6.07) is 10.4. The third kappa shape index (κ3) is 2.64. The van der Waals surface area contributed by atoms with Crippen LogP contribution in [0.5, 0.6) is 0 Å². The third-order valence-corrected chi connectivity index (χ3v) is 4.68. The molecule has 0 heterocycles. The number of rotatable bonds is 3. The molecule has 0 atom stereocenters. The number of Topliss-reactive ketones (excluding diaryl/α,β-unsaturated/α-hetero) is 1. The summed E-state index contributed by atoms with van der Waals surface area (Å²) in [4.78, 5) is 12.7. The molecule has 0 unspecified atom stereocenters. The maximum absolute atomic E-state index is 12.7. The van der Waals surface area contributed by atoms with Gasteiger partial charge in [0, 0.05) is 12.0 Å². The van der Waals surface area contributed by atoms with E-state index in [1.54, 1.807) is 0 Å². The smallest absolute Gasteiger partial charge is 0.167 e. The molecule has 1 aliphatic rings. The Morgan fingerprint density at radius 1 is 1.05 bits per heavy atom. The Morgan fingerprint density at radius 3 is 2.41 bits per heavy atom. The number of allylic oxidation sites excluding steroid dienone is 1. The molecule has 0 N–H and O–H groups in total. The summed E-state index contributed by atoms with van der Waals surface area (Å²) in [6.45, 7) is 10.4. The van der Waals surface area contributed by atoms with E-state index in [4.69, 9.17) is 0 Å². The first kappa shape index (κ1) is 14.8. The molecule has 0 bridgehead atoms. The second kappa shape index (κ2) is 5.57. The summed E-state index contributed by atoms with van der Waals surface area (Å²) in [7, 11) is 0. The zero-order valence-corrected chi connectivity index (χ0v) is 13.6. The molecule has 0 fully saturated rings. The van der Waals surface area contributed by atoms with Gasteiger partial charge in [0.05, 0.1) is 0 Å². The van der Waals surface area contributed by atoms with Crippen LogP contribution >= 0.6 is 0 Å². The van der Waals surface area contributed by atoms with Gasteiger partial charge >= 0.3 is 0 Å². The van der Waals surface area contributed by atoms with Crippen LogP contribution < -0.4 is 0 Å². The summed E-state index contributed by atoms with van der Waals surface area (Å²) < 4.78 is 0. The van der Waals surface area contributed by atoms with Crippen LogP contribution in [0.2, 0.25) is 0 Å². The molecule has 3 rings (SSSR count). The van der Waals surface area contributed by atoms with Crippen molar-refractivity contribution in [3.8, 4) is 0 Å². The van der Waals surface area contributed by atoms with Gasteiger partial charge in [-0.2, -0.15) is 0 Å². The molecule has 2 aromatic carbocycles. The average Bonchev–Trinajstić information content (AvgIpc) is 2.83. The molecule has 0 saturated heterocycles. The largest absolute Gasteiger partial charge is 0.294 e. The second-order valence-corrected chi connectivity index (χ2v) is 6.45. The van der Waals surface area contributed by atoms with Crippen LogP contribution in [0.3, 0.4) is 0 Å². The Balaban J connectivity index is 1.88. The van der Waals surface area contributed by atoms with Gasteiger partial charge in [0.25, 0.3) is 0 Å². The highest BCUT2D eigenvalue weighted by molar-refractivity contribution is 5.98. The first-order chi connectivity index (χ1) is 10.5. The van der Waals surface area contributed by atoms with Crippen LogP contribution in [0.25, 0.3) is 5.57 Å². The molecular weight excluding hydrogens is 268 g/mol. The molecule has 0 aromatic heterocycles. The van der Waals surface area contributed by atoms with E-state index in [9.17, 15) is 4.79 Å². The maximum Gasteiger partial charge on any atom is 0.167 e. The Kier molecular flexibility index (Phi) is 3.74. The highest BCUT2D eigenvalue weighted by Gasteiger charge is 2.17. The van der Waals surface area contributed by atoms with Gasteiger partial charge < -0.3 is 0 Å². The number of carbonyl (C=O) groups is 1. The van der Waals surface area contributed by atoms with Gasteiger partial charge in [-0.3, -0.25) is 4.79 Å². The monoisotopic (exact) mass is 290 g/mol. The highest BCUT2D eigenvalue weighted by Crippen LogP contribution is 2.31. The topological polar surface area (TPSA) is 17.1 Å². The van der Waals surface area contributed by atoms with Crippen molar-refractivity contribution in [3.63, 3.8) is 0 Å². The van der Waals surface area contributed by atoms with Crippen LogP contribution in [-0.2, 0) is 12.8 Å². The molecule has 0 amide bonds. The van der Waals surface area contributed by atoms with Gasteiger partial charge in [-0.25, -0.2) is 0 Å². The zero-order chi connectivity index (χ0) is 15.9. The van der Waals surface area contributed by atoms with E-state index in [0.717, 1.165) is 18.4 Å². The summed E-state index contributed by atoms with van der Waals surface area (Å²) in [5, 5.41) is 0. The summed E-state index contributed by atoms with van der Waals surface area (Å²) >= 11 is 0. The minimum atomic E-state index is 0.204. The van der Waals surface area contributed by atoms with E-state index in [1.807, 2.05) is 6.07 Å². The quantitative estimate of drug-likeness (QED) is 0.727. The Labute approximate surface area is 132 Å². The van der Waals surface area contributed by atoms with Crippen LogP contribution in [0.4, 0.5) is 0 Å². The minimum absolute atomic E-state index is 0.204. The van der Waals surface area contributed by atoms with E-state index >= 15 is 0 Å². The van der Waals surface area contributed by atoms with Crippen LogP contribution in [0, 0.1) is 20.8 Å². The van der Waals surface area contributed by atoms with Gasteiger partial charge in [0.15, 0.2) is 5.78 Å². The van der Waals surface area contributed by atoms with Crippen LogP contribution in [0.1, 0.15) is 50.2 Å². The van der Waals surface area contributed by atoms with E-state index < -0.39 is 0 Å². The fraction of sp³-hybridized carbons (Fsp3) is 0.286. The lowest BCUT2D eigenvalue weighted by Crippen LogP contribution is -2.07. The van der Waals surface area contributed by atoms with E-state index in [-0.39, 0.29) is 5.78 Å². The maximum atomic E-state index is 12.7. The minimum Gasteiger partial charge on any atom is -0.294 e. The zero-order valence-electron chi connectivity index (χ0n) is 13.6. The number of carbonyl (C=O) groups excluding carboxylic acids is 1. The van der Waals surface area contributed by atoms with Crippen molar-refractivity contribution < 1.29 is 4.79 Å². The summed E-state index contributed by atoms with van der Waals surface area (Å²) in [6.07, 6.45) is 2.51. The van der Waals surface area contributed by atoms with Crippen molar-refractivity contribution in [1.82, 2.24) is 0 Å². The molecular formula is C21H22O. The SMILES string of the molecule is C=C1CCc2cc(C(=O)Cc3c(C)cc(C)cc3C)ccc21. The number of hydrogen-bond donors (Lipinski definition) is 0. The summed E-state index contributed by atoms with van der Waals surface area (Å²) in [5.74, 6) is 0.204.